The average Bonchev–Trinajstić information content (AvgIpc) is 3.24. The lowest BCUT2D eigenvalue weighted by molar-refractivity contribution is 0.172. The number of anilines is 1. The Bertz CT molecular complexity index is 1010. The molecule has 1 fully saturated rings. The van der Waals surface area contributed by atoms with Crippen LogP contribution in [0, 0.1) is 13.8 Å². The molecule has 0 amide bonds. The highest BCUT2D eigenvalue weighted by Gasteiger charge is 2.32. The van der Waals surface area contributed by atoms with Gasteiger partial charge in [-0.05, 0) is 53.1 Å². The third-order valence-corrected chi connectivity index (χ3v) is 6.24. The topological polar surface area (TPSA) is 59.3 Å². The van der Waals surface area contributed by atoms with Gasteiger partial charge in [-0.15, -0.1) is 5.10 Å². The predicted molar refractivity (Wildman–Crippen MR) is 123 cm³/mol. The van der Waals surface area contributed by atoms with Crippen molar-refractivity contribution in [1.82, 2.24) is 25.1 Å². The second kappa shape index (κ2) is 9.77. The molecule has 0 bridgehead atoms. The summed E-state index contributed by atoms with van der Waals surface area (Å²) < 4.78 is 7.07. The number of ether oxygens (including phenoxy) is 1. The lowest BCUT2D eigenvalue weighted by atomic mass is 10.0. The minimum Gasteiger partial charge on any atom is -0.383 e. The van der Waals surface area contributed by atoms with Crippen LogP contribution >= 0.6 is 11.6 Å². The quantitative estimate of drug-likeness (QED) is 0.560. The predicted octanol–water partition coefficient (Wildman–Crippen LogP) is 3.50. The van der Waals surface area contributed by atoms with Crippen LogP contribution in [0.3, 0.4) is 0 Å². The number of hydrogen-bond acceptors (Lipinski definition) is 6. The smallest absolute Gasteiger partial charge is 0.173 e. The molecule has 8 heteroatoms. The molecule has 1 aliphatic heterocycles. The van der Waals surface area contributed by atoms with Gasteiger partial charge in [-0.1, -0.05) is 41.9 Å². The summed E-state index contributed by atoms with van der Waals surface area (Å²) in [5, 5.41) is 13.3. The van der Waals surface area contributed by atoms with Gasteiger partial charge in [-0.25, -0.2) is 4.68 Å². The first-order valence-corrected chi connectivity index (χ1v) is 11.0. The highest BCUT2D eigenvalue weighted by atomic mass is 35.5. The van der Waals surface area contributed by atoms with Gasteiger partial charge in [0.1, 0.15) is 0 Å². The number of piperazine rings is 1. The summed E-state index contributed by atoms with van der Waals surface area (Å²) in [6, 6.07) is 14.5. The van der Waals surface area contributed by atoms with Crippen molar-refractivity contribution in [2.45, 2.75) is 26.4 Å². The first-order valence-electron chi connectivity index (χ1n) is 10.6. The lowest BCUT2D eigenvalue weighted by Crippen LogP contribution is -2.48. The normalized spacial score (nSPS) is 15.9. The Labute approximate surface area is 188 Å². The van der Waals surface area contributed by atoms with Crippen LogP contribution in [0.4, 0.5) is 5.69 Å². The number of halogens is 1. The molecule has 1 aromatic heterocycles. The summed E-state index contributed by atoms with van der Waals surface area (Å²) in [4.78, 5) is 4.90. The largest absolute Gasteiger partial charge is 0.383 e. The van der Waals surface area contributed by atoms with E-state index in [1.165, 1.54) is 16.8 Å². The maximum Gasteiger partial charge on any atom is 0.173 e. The summed E-state index contributed by atoms with van der Waals surface area (Å²) in [7, 11) is 1.68. The zero-order valence-corrected chi connectivity index (χ0v) is 19.1. The minimum absolute atomic E-state index is 0.110. The first kappa shape index (κ1) is 21.7. The Hall–Kier alpha value is -2.48. The number of nitrogens with zero attached hydrogens (tertiary/aromatic N) is 6. The molecule has 0 saturated carbocycles. The van der Waals surface area contributed by atoms with Crippen LogP contribution in [0.1, 0.15) is 28.6 Å². The fourth-order valence-corrected chi connectivity index (χ4v) is 4.46. The number of tetrazole rings is 1. The molecule has 4 rings (SSSR count). The molecule has 0 aliphatic carbocycles. The number of aromatic nitrogens is 4. The summed E-state index contributed by atoms with van der Waals surface area (Å²) >= 11 is 6.63. The number of hydrogen-bond donors (Lipinski definition) is 0. The van der Waals surface area contributed by atoms with E-state index in [0.29, 0.717) is 13.2 Å². The average molecular weight is 441 g/mol. The van der Waals surface area contributed by atoms with Crippen molar-refractivity contribution in [3.05, 3.63) is 70.0 Å². The molecule has 0 unspecified atom stereocenters. The van der Waals surface area contributed by atoms with E-state index in [-0.39, 0.29) is 6.04 Å². The first-order chi connectivity index (χ1) is 15.1. The van der Waals surface area contributed by atoms with Crippen LogP contribution in [0.5, 0.6) is 0 Å². The van der Waals surface area contributed by atoms with Gasteiger partial charge in [0, 0.05) is 44.0 Å². The highest BCUT2D eigenvalue weighted by Crippen LogP contribution is 2.33. The molecule has 0 spiro atoms. The SMILES string of the molecule is COCCn1nnnc1[C@@H](c1ccccc1Cl)N1CCN(c2cc(C)ccc2C)CC1. The van der Waals surface area contributed by atoms with E-state index in [0.717, 1.165) is 42.6 Å². The van der Waals surface area contributed by atoms with E-state index in [4.69, 9.17) is 16.3 Å². The van der Waals surface area contributed by atoms with Gasteiger partial charge in [0.25, 0.3) is 0 Å². The van der Waals surface area contributed by atoms with Crippen LogP contribution in [0.25, 0.3) is 0 Å². The van der Waals surface area contributed by atoms with Crippen molar-refractivity contribution in [2.75, 3.05) is 44.8 Å². The summed E-state index contributed by atoms with van der Waals surface area (Å²) in [6.07, 6.45) is 0. The zero-order valence-electron chi connectivity index (χ0n) is 18.3. The summed E-state index contributed by atoms with van der Waals surface area (Å²) in [6.45, 7) is 9.12. The van der Waals surface area contributed by atoms with Crippen molar-refractivity contribution < 1.29 is 4.74 Å². The Kier molecular flexibility index (Phi) is 6.85. The second-order valence-corrected chi connectivity index (χ2v) is 8.40. The lowest BCUT2D eigenvalue weighted by Gasteiger charge is -2.40. The standard InChI is InChI=1S/C23H29ClN6O/c1-17-8-9-18(2)21(16-17)28-10-12-29(13-11-28)22(19-6-4-5-7-20(19)24)23-25-26-27-30(23)14-15-31-3/h4-9,16,22H,10-15H2,1-3H3/t22-/m1/s1. The molecule has 1 saturated heterocycles. The van der Waals surface area contributed by atoms with Gasteiger partial charge in [-0.3, -0.25) is 4.90 Å². The van der Waals surface area contributed by atoms with Crippen LogP contribution in [0.2, 0.25) is 5.02 Å². The summed E-state index contributed by atoms with van der Waals surface area (Å²) in [5.41, 5.74) is 4.94. The molecule has 0 radical (unpaired) electrons. The van der Waals surface area contributed by atoms with Crippen molar-refractivity contribution in [1.29, 1.82) is 0 Å². The molecule has 31 heavy (non-hydrogen) atoms. The van der Waals surface area contributed by atoms with Crippen LogP contribution in [-0.4, -0.2) is 65.0 Å². The van der Waals surface area contributed by atoms with E-state index in [2.05, 4.69) is 63.4 Å². The van der Waals surface area contributed by atoms with Crippen molar-refractivity contribution in [3.8, 4) is 0 Å². The second-order valence-electron chi connectivity index (χ2n) is 7.99. The number of aryl methyl sites for hydroxylation is 2. The van der Waals surface area contributed by atoms with Crippen molar-refractivity contribution in [3.63, 3.8) is 0 Å². The third kappa shape index (κ3) is 4.74. The number of methoxy groups -OCH3 is 1. The number of rotatable bonds is 7. The molecule has 164 valence electrons. The Morgan fingerprint density at radius 2 is 1.84 bits per heavy atom. The van der Waals surface area contributed by atoms with E-state index < -0.39 is 0 Å². The van der Waals surface area contributed by atoms with E-state index in [9.17, 15) is 0 Å². The van der Waals surface area contributed by atoms with Crippen LogP contribution in [-0.2, 0) is 11.3 Å². The Morgan fingerprint density at radius 1 is 1.06 bits per heavy atom. The molecular weight excluding hydrogens is 412 g/mol. The van der Waals surface area contributed by atoms with Gasteiger partial charge in [-0.2, -0.15) is 0 Å². The van der Waals surface area contributed by atoms with Gasteiger partial charge >= 0.3 is 0 Å². The van der Waals surface area contributed by atoms with Crippen molar-refractivity contribution >= 4 is 17.3 Å². The molecule has 2 heterocycles. The maximum atomic E-state index is 6.63. The van der Waals surface area contributed by atoms with E-state index >= 15 is 0 Å². The van der Waals surface area contributed by atoms with Gasteiger partial charge in [0.2, 0.25) is 0 Å². The Balaban J connectivity index is 1.61. The zero-order chi connectivity index (χ0) is 21.8. The number of benzene rings is 2. The Morgan fingerprint density at radius 3 is 2.58 bits per heavy atom. The minimum atomic E-state index is -0.110. The summed E-state index contributed by atoms with van der Waals surface area (Å²) in [5.74, 6) is 0.797. The fourth-order valence-electron chi connectivity index (χ4n) is 4.22. The molecule has 2 aromatic carbocycles. The van der Waals surface area contributed by atoms with Gasteiger partial charge in [0.15, 0.2) is 5.82 Å². The molecule has 1 aliphatic rings. The van der Waals surface area contributed by atoms with E-state index in [1.54, 1.807) is 7.11 Å². The molecule has 7 nitrogen and oxygen atoms in total. The molecule has 0 N–H and O–H groups in total. The fraction of sp³-hybridized carbons (Fsp3) is 0.435. The van der Waals surface area contributed by atoms with Crippen molar-refractivity contribution in [2.24, 2.45) is 0 Å². The molecular formula is C23H29ClN6O. The van der Waals surface area contributed by atoms with Crippen LogP contribution < -0.4 is 4.90 Å². The molecule has 3 aromatic rings. The molecule has 1 atom stereocenters. The van der Waals surface area contributed by atoms with E-state index in [1.807, 2.05) is 22.9 Å². The monoisotopic (exact) mass is 440 g/mol. The highest BCUT2D eigenvalue weighted by molar-refractivity contribution is 6.31. The maximum absolute atomic E-state index is 6.63. The van der Waals surface area contributed by atoms with Gasteiger partial charge in [0.05, 0.1) is 19.2 Å². The van der Waals surface area contributed by atoms with Gasteiger partial charge < -0.3 is 9.64 Å². The third-order valence-electron chi connectivity index (χ3n) is 5.90. The van der Waals surface area contributed by atoms with Crippen LogP contribution in [0.15, 0.2) is 42.5 Å².